The van der Waals surface area contributed by atoms with Crippen molar-refractivity contribution >= 4 is 24.0 Å². The Morgan fingerprint density at radius 2 is 1.48 bits per heavy atom. The third kappa shape index (κ3) is 4.29. The number of pyridine rings is 2. The van der Waals surface area contributed by atoms with Crippen molar-refractivity contribution in [3.8, 4) is 0 Å². The van der Waals surface area contributed by atoms with Gasteiger partial charge in [0.15, 0.2) is 5.78 Å². The molecule has 0 N–H and O–H groups in total. The van der Waals surface area contributed by atoms with E-state index in [9.17, 15) is 9.59 Å². The maximum atomic E-state index is 13.1. The molecular weight excluding hydrogens is 390 g/mol. The van der Waals surface area contributed by atoms with E-state index in [4.69, 9.17) is 4.74 Å². The predicted molar refractivity (Wildman–Crippen MR) is 119 cm³/mol. The van der Waals surface area contributed by atoms with Crippen LogP contribution < -0.4 is 0 Å². The molecule has 0 bridgehead atoms. The van der Waals surface area contributed by atoms with Gasteiger partial charge in [-0.05, 0) is 70.0 Å². The average molecular weight is 418 g/mol. The topological polar surface area (TPSA) is 72.4 Å². The number of rotatable bonds is 2. The molecule has 2 fully saturated rings. The molecule has 0 aromatic carbocycles. The molecule has 1 aliphatic heterocycles. The maximum absolute atomic E-state index is 13.1. The molecule has 0 radical (unpaired) electrons. The lowest BCUT2D eigenvalue weighted by Gasteiger charge is -2.50. The molecule has 2 aliphatic rings. The summed E-state index contributed by atoms with van der Waals surface area (Å²) in [7, 11) is 0. The van der Waals surface area contributed by atoms with E-state index in [0.717, 1.165) is 22.5 Å². The molecule has 31 heavy (non-hydrogen) atoms. The Balaban J connectivity index is 1.64. The number of ketones is 1. The molecule has 4 rings (SSSR count). The van der Waals surface area contributed by atoms with Gasteiger partial charge in [-0.15, -0.1) is 0 Å². The van der Waals surface area contributed by atoms with Gasteiger partial charge in [0.05, 0.1) is 11.4 Å². The molecule has 1 saturated heterocycles. The number of likely N-dealkylation sites (tertiary alicyclic amines) is 1. The highest BCUT2D eigenvalue weighted by Gasteiger charge is 2.55. The summed E-state index contributed by atoms with van der Waals surface area (Å²) in [5.74, 6) is 0.0297. The minimum absolute atomic E-state index is 0.0297. The van der Waals surface area contributed by atoms with Crippen LogP contribution in [-0.4, -0.2) is 45.4 Å². The minimum atomic E-state index is -0.535. The fourth-order valence-electron chi connectivity index (χ4n) is 4.22. The van der Waals surface area contributed by atoms with Crippen LogP contribution in [0.15, 0.2) is 59.9 Å². The van der Waals surface area contributed by atoms with E-state index in [1.807, 2.05) is 69.3 Å². The number of hydrogen-bond donors (Lipinski definition) is 0. The summed E-state index contributed by atoms with van der Waals surface area (Å²) in [6.07, 6.45) is 8.24. The third-order valence-electron chi connectivity index (χ3n) is 5.75. The van der Waals surface area contributed by atoms with Gasteiger partial charge in [-0.3, -0.25) is 14.8 Å². The number of carbonyl (C=O) groups excluding carboxylic acids is 2. The number of ether oxygens (including phenoxy) is 1. The summed E-state index contributed by atoms with van der Waals surface area (Å²) >= 11 is 0. The number of hydrogen-bond acceptors (Lipinski definition) is 5. The molecule has 1 saturated carbocycles. The Labute approximate surface area is 182 Å². The second-order valence-electron chi connectivity index (χ2n) is 9.00. The predicted octanol–water partition coefficient (Wildman–Crippen LogP) is 4.54. The lowest BCUT2D eigenvalue weighted by Crippen LogP contribution is -2.53. The fraction of sp³-hybridized carbons (Fsp3) is 0.360. The lowest BCUT2D eigenvalue weighted by molar-refractivity contribution is -0.118. The highest BCUT2D eigenvalue weighted by molar-refractivity contribution is 6.23. The van der Waals surface area contributed by atoms with Gasteiger partial charge in [-0.25, -0.2) is 4.79 Å². The molecule has 2 aromatic rings. The maximum Gasteiger partial charge on any atom is 0.410 e. The third-order valence-corrected chi connectivity index (χ3v) is 5.75. The van der Waals surface area contributed by atoms with Crippen molar-refractivity contribution in [2.75, 3.05) is 13.1 Å². The van der Waals surface area contributed by atoms with E-state index < -0.39 is 11.0 Å². The van der Waals surface area contributed by atoms with Gasteiger partial charge < -0.3 is 9.64 Å². The second-order valence-corrected chi connectivity index (χ2v) is 9.00. The van der Waals surface area contributed by atoms with Crippen molar-refractivity contribution < 1.29 is 14.3 Å². The smallest absolute Gasteiger partial charge is 0.410 e. The number of allylic oxidation sites excluding steroid dienone is 2. The summed E-state index contributed by atoms with van der Waals surface area (Å²) in [5.41, 5.74) is 2.11. The molecule has 2 aromatic heterocycles. The molecule has 1 spiro atoms. The Hall–Kier alpha value is -3.28. The number of Topliss-reactive ketones (excluding diaryl/α,β-unsaturated/α-hetero) is 1. The van der Waals surface area contributed by atoms with Crippen LogP contribution in [0.4, 0.5) is 4.79 Å². The van der Waals surface area contributed by atoms with E-state index in [-0.39, 0.29) is 11.9 Å². The average Bonchev–Trinajstić information content (AvgIpc) is 2.76. The Kier molecular flexibility index (Phi) is 5.48. The van der Waals surface area contributed by atoms with Crippen LogP contribution in [-0.2, 0) is 9.53 Å². The first-order chi connectivity index (χ1) is 14.8. The zero-order chi connectivity index (χ0) is 22.1. The van der Waals surface area contributed by atoms with Crippen LogP contribution in [0.1, 0.15) is 45.0 Å². The Bertz CT molecular complexity index is 967. The molecule has 6 heteroatoms. The largest absolute Gasteiger partial charge is 0.444 e. The Morgan fingerprint density at radius 3 is 1.90 bits per heavy atom. The van der Waals surface area contributed by atoms with Crippen LogP contribution in [0.25, 0.3) is 12.2 Å². The number of carbonyl (C=O) groups is 2. The molecule has 160 valence electrons. The summed E-state index contributed by atoms with van der Waals surface area (Å²) < 4.78 is 5.53. The van der Waals surface area contributed by atoms with E-state index in [1.165, 1.54) is 0 Å². The summed E-state index contributed by atoms with van der Waals surface area (Å²) in [5, 5.41) is 0. The van der Waals surface area contributed by atoms with Crippen LogP contribution in [0.2, 0.25) is 0 Å². The second kappa shape index (κ2) is 8.10. The molecule has 1 amide bonds. The lowest BCUT2D eigenvalue weighted by atomic mass is 9.54. The van der Waals surface area contributed by atoms with Crippen molar-refractivity contribution in [2.24, 2.45) is 5.41 Å². The zero-order valence-corrected chi connectivity index (χ0v) is 18.2. The van der Waals surface area contributed by atoms with Crippen molar-refractivity contribution in [1.29, 1.82) is 0 Å². The van der Waals surface area contributed by atoms with Crippen LogP contribution in [0.5, 0.6) is 0 Å². The standard InChI is InChI=1S/C25H27N3O3/c1-24(2,3)31-23(30)28-14-10-25(11-15-28)20(16-18-8-4-6-12-26-18)22(29)21(25)17-19-9-5-7-13-27-19/h4-9,12-13,16-17H,10-11,14-15H2,1-3H3/b20-16-,21-17-. The summed E-state index contributed by atoms with van der Waals surface area (Å²) in [6.45, 7) is 6.65. The van der Waals surface area contributed by atoms with Crippen molar-refractivity contribution in [3.63, 3.8) is 0 Å². The molecule has 0 atom stereocenters. The van der Waals surface area contributed by atoms with Crippen LogP contribution in [0, 0.1) is 5.41 Å². The van der Waals surface area contributed by atoms with Gasteiger partial charge in [-0.1, -0.05) is 12.1 Å². The van der Waals surface area contributed by atoms with E-state index >= 15 is 0 Å². The fourth-order valence-corrected chi connectivity index (χ4v) is 4.22. The van der Waals surface area contributed by atoms with Crippen molar-refractivity contribution in [3.05, 3.63) is 71.3 Å². The highest BCUT2D eigenvalue weighted by Crippen LogP contribution is 2.56. The number of amides is 1. The van der Waals surface area contributed by atoms with Crippen molar-refractivity contribution in [1.82, 2.24) is 14.9 Å². The van der Waals surface area contributed by atoms with Gasteiger partial charge in [0, 0.05) is 42.0 Å². The normalized spacial score (nSPS) is 20.7. The van der Waals surface area contributed by atoms with Gasteiger partial charge in [0.25, 0.3) is 0 Å². The van der Waals surface area contributed by atoms with Crippen LogP contribution in [0.3, 0.4) is 0 Å². The highest BCUT2D eigenvalue weighted by atomic mass is 16.6. The van der Waals surface area contributed by atoms with Gasteiger partial charge >= 0.3 is 6.09 Å². The van der Waals surface area contributed by atoms with Crippen LogP contribution >= 0.6 is 0 Å². The quantitative estimate of drug-likeness (QED) is 0.671. The monoisotopic (exact) mass is 417 g/mol. The molecule has 1 aliphatic carbocycles. The van der Waals surface area contributed by atoms with Gasteiger partial charge in [0.2, 0.25) is 0 Å². The van der Waals surface area contributed by atoms with Crippen molar-refractivity contribution in [2.45, 2.75) is 39.2 Å². The molecule has 3 heterocycles. The first-order valence-electron chi connectivity index (χ1n) is 10.6. The molecule has 0 unspecified atom stereocenters. The zero-order valence-electron chi connectivity index (χ0n) is 18.2. The minimum Gasteiger partial charge on any atom is -0.444 e. The number of nitrogens with zero attached hydrogens (tertiary/aromatic N) is 3. The SMILES string of the molecule is CC(C)(C)OC(=O)N1CCC2(CC1)/C(=C\c1ccccn1)C(=O)/C2=C/c1ccccn1. The number of aromatic nitrogens is 2. The first kappa shape index (κ1) is 21.0. The summed E-state index contributed by atoms with van der Waals surface area (Å²) in [6, 6.07) is 11.3. The summed E-state index contributed by atoms with van der Waals surface area (Å²) in [4.78, 5) is 36.1. The van der Waals surface area contributed by atoms with E-state index in [2.05, 4.69) is 9.97 Å². The molecular formula is C25H27N3O3. The molecule has 6 nitrogen and oxygen atoms in total. The van der Waals surface area contributed by atoms with E-state index in [1.54, 1.807) is 17.3 Å². The first-order valence-corrected chi connectivity index (χ1v) is 10.6. The van der Waals surface area contributed by atoms with Gasteiger partial charge in [0.1, 0.15) is 5.60 Å². The van der Waals surface area contributed by atoms with E-state index in [0.29, 0.717) is 25.9 Å². The number of piperidine rings is 1. The van der Waals surface area contributed by atoms with Gasteiger partial charge in [-0.2, -0.15) is 0 Å². The Morgan fingerprint density at radius 1 is 0.968 bits per heavy atom.